The molecule has 1 aliphatic heterocycles. The van der Waals surface area contributed by atoms with Gasteiger partial charge < -0.3 is 14.3 Å². The molecule has 0 saturated carbocycles. The van der Waals surface area contributed by atoms with Crippen LogP contribution in [0.2, 0.25) is 0 Å². The van der Waals surface area contributed by atoms with Gasteiger partial charge in [-0.3, -0.25) is 4.79 Å². The highest BCUT2D eigenvalue weighted by atomic mass is 19.1. The smallest absolute Gasteiger partial charge is 0.199 e. The van der Waals surface area contributed by atoms with Crippen LogP contribution in [0.4, 0.5) is 4.39 Å². The van der Waals surface area contributed by atoms with Crippen LogP contribution in [-0.4, -0.2) is 17.0 Å². The maximum absolute atomic E-state index is 13.1. The number of benzene rings is 1. The molecule has 0 radical (unpaired) electrons. The van der Waals surface area contributed by atoms with E-state index < -0.39 is 23.8 Å². The van der Waals surface area contributed by atoms with E-state index in [0.717, 1.165) is 6.07 Å². The minimum Gasteiger partial charge on any atom is -0.478 e. The Hall–Kier alpha value is -2.14. The van der Waals surface area contributed by atoms with Crippen LogP contribution in [-0.2, 0) is 0 Å². The normalized spacial score (nSPS) is 22.4. The predicted molar refractivity (Wildman–Crippen MR) is 58.8 cm³/mol. The van der Waals surface area contributed by atoms with Gasteiger partial charge in [0.1, 0.15) is 17.3 Å². The Labute approximate surface area is 102 Å². The first-order chi connectivity index (χ1) is 8.66. The van der Waals surface area contributed by atoms with E-state index >= 15 is 0 Å². The van der Waals surface area contributed by atoms with E-state index in [1.807, 2.05) is 0 Å². The largest absolute Gasteiger partial charge is 0.478 e. The lowest BCUT2D eigenvalue weighted by atomic mass is 9.96. The summed E-state index contributed by atoms with van der Waals surface area (Å²) in [5.41, 5.74) is 0.0466. The number of furan rings is 1. The van der Waals surface area contributed by atoms with Crippen molar-refractivity contribution in [3.63, 3.8) is 0 Å². The van der Waals surface area contributed by atoms with Crippen molar-refractivity contribution >= 4 is 5.78 Å². The van der Waals surface area contributed by atoms with Crippen molar-refractivity contribution < 1.29 is 23.4 Å². The lowest BCUT2D eigenvalue weighted by Gasteiger charge is -2.27. The van der Waals surface area contributed by atoms with Crippen LogP contribution < -0.4 is 4.74 Å². The van der Waals surface area contributed by atoms with Crippen LogP contribution >= 0.6 is 0 Å². The summed E-state index contributed by atoms with van der Waals surface area (Å²) in [5, 5.41) is 9.89. The number of aliphatic hydroxyl groups is 1. The van der Waals surface area contributed by atoms with Gasteiger partial charge in [0.2, 0.25) is 0 Å². The molecule has 0 bridgehead atoms. The molecule has 92 valence electrons. The summed E-state index contributed by atoms with van der Waals surface area (Å²) in [6, 6.07) is 6.86. The first kappa shape index (κ1) is 11.0. The number of hydrogen-bond acceptors (Lipinski definition) is 4. The fourth-order valence-corrected chi connectivity index (χ4v) is 1.96. The second-order valence-corrected chi connectivity index (χ2v) is 4.00. The van der Waals surface area contributed by atoms with Crippen LogP contribution in [0, 0.1) is 5.82 Å². The third-order valence-corrected chi connectivity index (χ3v) is 2.84. The summed E-state index contributed by atoms with van der Waals surface area (Å²) in [4.78, 5) is 11.9. The lowest BCUT2D eigenvalue weighted by Crippen LogP contribution is -2.36. The van der Waals surface area contributed by atoms with Crippen molar-refractivity contribution in [2.45, 2.75) is 12.2 Å². The molecule has 4 nitrogen and oxygen atoms in total. The van der Waals surface area contributed by atoms with Crippen LogP contribution in [0.25, 0.3) is 0 Å². The van der Waals surface area contributed by atoms with Crippen molar-refractivity contribution in [3.05, 3.63) is 53.7 Å². The van der Waals surface area contributed by atoms with Gasteiger partial charge in [-0.25, -0.2) is 4.39 Å². The minimum absolute atomic E-state index is 0.0466. The van der Waals surface area contributed by atoms with Gasteiger partial charge >= 0.3 is 0 Å². The molecule has 1 N–H and O–H groups in total. The number of carbonyl (C=O) groups excluding carboxylic acids is 1. The maximum Gasteiger partial charge on any atom is 0.199 e. The topological polar surface area (TPSA) is 59.7 Å². The number of hydrogen-bond donors (Lipinski definition) is 1. The van der Waals surface area contributed by atoms with Gasteiger partial charge in [-0.1, -0.05) is 0 Å². The highest BCUT2D eigenvalue weighted by Crippen LogP contribution is 2.35. The molecule has 0 fully saturated rings. The number of ether oxygens (including phenoxy) is 1. The third kappa shape index (κ3) is 1.60. The quantitative estimate of drug-likeness (QED) is 0.839. The molecule has 0 aliphatic carbocycles. The molecule has 2 aromatic rings. The van der Waals surface area contributed by atoms with E-state index in [2.05, 4.69) is 0 Å². The van der Waals surface area contributed by atoms with Gasteiger partial charge in [0, 0.05) is 0 Å². The van der Waals surface area contributed by atoms with E-state index in [9.17, 15) is 14.3 Å². The molecule has 1 aromatic heterocycles. The zero-order chi connectivity index (χ0) is 12.7. The lowest BCUT2D eigenvalue weighted by molar-refractivity contribution is 0.0134. The fraction of sp³-hybridized carbons (Fsp3) is 0.154. The molecule has 0 amide bonds. The molecule has 2 unspecified atom stereocenters. The first-order valence-corrected chi connectivity index (χ1v) is 5.39. The van der Waals surface area contributed by atoms with E-state index in [0.29, 0.717) is 5.76 Å². The van der Waals surface area contributed by atoms with Gasteiger partial charge in [-0.05, 0) is 30.3 Å². The second-order valence-electron chi connectivity index (χ2n) is 4.00. The van der Waals surface area contributed by atoms with Crippen LogP contribution in [0.3, 0.4) is 0 Å². The molecule has 0 saturated heterocycles. The molecule has 2 atom stereocenters. The number of halogens is 1. The fourth-order valence-electron chi connectivity index (χ4n) is 1.96. The molecule has 0 spiro atoms. The molecule has 2 heterocycles. The number of aliphatic hydroxyl groups excluding tert-OH is 1. The Balaban J connectivity index is 2.05. The summed E-state index contributed by atoms with van der Waals surface area (Å²) in [6.45, 7) is 0. The zero-order valence-electron chi connectivity index (χ0n) is 9.17. The average Bonchev–Trinajstić information content (AvgIpc) is 2.88. The zero-order valence-corrected chi connectivity index (χ0v) is 9.17. The molecule has 3 rings (SSSR count). The number of carbonyl (C=O) groups is 1. The Morgan fingerprint density at radius 3 is 2.83 bits per heavy atom. The Morgan fingerprint density at radius 2 is 2.11 bits per heavy atom. The van der Waals surface area contributed by atoms with Gasteiger partial charge in [-0.15, -0.1) is 0 Å². The van der Waals surface area contributed by atoms with E-state index in [4.69, 9.17) is 9.15 Å². The molecular formula is C13H9FO4. The Morgan fingerprint density at radius 1 is 1.28 bits per heavy atom. The number of Topliss-reactive ketones (excluding diaryl/α,β-unsaturated/α-hetero) is 1. The van der Waals surface area contributed by atoms with Gasteiger partial charge in [0.15, 0.2) is 18.0 Å². The van der Waals surface area contributed by atoms with E-state index in [-0.39, 0.29) is 11.3 Å². The van der Waals surface area contributed by atoms with Crippen molar-refractivity contribution in [2.24, 2.45) is 0 Å². The predicted octanol–water partition coefficient (Wildman–Crippen LogP) is 2.10. The highest BCUT2D eigenvalue weighted by Gasteiger charge is 2.38. The van der Waals surface area contributed by atoms with Crippen LogP contribution in [0.1, 0.15) is 22.2 Å². The molecule has 5 heteroatoms. The van der Waals surface area contributed by atoms with Crippen molar-refractivity contribution in [2.75, 3.05) is 0 Å². The standard InChI is InChI=1S/C13H9FO4/c14-7-3-4-9-8(6-7)11(15)12(16)13(18-9)10-2-1-5-17-10/h1-6,12-13,16H. The maximum atomic E-state index is 13.1. The summed E-state index contributed by atoms with van der Waals surface area (Å²) >= 11 is 0. The third-order valence-electron chi connectivity index (χ3n) is 2.84. The van der Waals surface area contributed by atoms with Gasteiger partial charge in [0.05, 0.1) is 11.8 Å². The summed E-state index contributed by atoms with van der Waals surface area (Å²) < 4.78 is 23.7. The Kier molecular flexibility index (Phi) is 2.41. The highest BCUT2D eigenvalue weighted by molar-refractivity contribution is 6.03. The number of ketones is 1. The van der Waals surface area contributed by atoms with E-state index in [1.54, 1.807) is 12.1 Å². The summed E-state index contributed by atoms with van der Waals surface area (Å²) in [6.07, 6.45) is -0.869. The SMILES string of the molecule is O=C1c2cc(F)ccc2OC(c2ccco2)C1O. The minimum atomic E-state index is -1.40. The molecule has 18 heavy (non-hydrogen) atoms. The first-order valence-electron chi connectivity index (χ1n) is 5.39. The molecule has 1 aliphatic rings. The van der Waals surface area contributed by atoms with Crippen molar-refractivity contribution in [1.82, 2.24) is 0 Å². The summed E-state index contributed by atoms with van der Waals surface area (Å²) in [5.74, 6) is -0.523. The second kappa shape index (κ2) is 3.96. The van der Waals surface area contributed by atoms with Crippen LogP contribution in [0.5, 0.6) is 5.75 Å². The molecule has 1 aromatic carbocycles. The van der Waals surface area contributed by atoms with Crippen molar-refractivity contribution in [3.8, 4) is 5.75 Å². The van der Waals surface area contributed by atoms with E-state index in [1.165, 1.54) is 18.4 Å². The van der Waals surface area contributed by atoms with Gasteiger partial charge in [0.25, 0.3) is 0 Å². The Bertz CT molecular complexity index is 591. The summed E-state index contributed by atoms with van der Waals surface area (Å²) in [7, 11) is 0. The molecular weight excluding hydrogens is 239 g/mol. The monoisotopic (exact) mass is 248 g/mol. The van der Waals surface area contributed by atoms with Crippen molar-refractivity contribution in [1.29, 1.82) is 0 Å². The van der Waals surface area contributed by atoms with Crippen LogP contribution in [0.15, 0.2) is 41.0 Å². The average molecular weight is 248 g/mol. The number of fused-ring (bicyclic) bond motifs is 1. The van der Waals surface area contributed by atoms with Gasteiger partial charge in [-0.2, -0.15) is 0 Å². The number of rotatable bonds is 1.